The van der Waals surface area contributed by atoms with Crippen LogP contribution in [0.2, 0.25) is 0 Å². The van der Waals surface area contributed by atoms with Crippen molar-refractivity contribution < 1.29 is 19.7 Å². The molecule has 0 heterocycles. The second-order valence-electron chi connectivity index (χ2n) is 6.03. The van der Waals surface area contributed by atoms with Crippen LogP contribution in [0.1, 0.15) is 55.1 Å². The van der Waals surface area contributed by atoms with Gasteiger partial charge < -0.3 is 14.9 Å². The van der Waals surface area contributed by atoms with Gasteiger partial charge in [-0.15, -0.1) is 0 Å². The van der Waals surface area contributed by atoms with E-state index in [1.165, 1.54) is 11.6 Å². The number of hydrogen-bond acceptors (Lipinski definition) is 4. The van der Waals surface area contributed by atoms with Crippen molar-refractivity contribution in [3.8, 4) is 11.5 Å². The average molecular weight is 318 g/mol. The lowest BCUT2D eigenvalue weighted by Crippen LogP contribution is -2.07. The SMILES string of the molecule is CC(C)=CCC/C(C)=C/COC(=O)c1cc(C)c(O)c(C)c1O. The Morgan fingerprint density at radius 1 is 1.13 bits per heavy atom. The van der Waals surface area contributed by atoms with E-state index in [0.29, 0.717) is 5.56 Å². The smallest absolute Gasteiger partial charge is 0.342 e. The van der Waals surface area contributed by atoms with Gasteiger partial charge in [0.2, 0.25) is 0 Å². The average Bonchev–Trinajstić information content (AvgIpc) is 2.48. The zero-order chi connectivity index (χ0) is 17.6. The van der Waals surface area contributed by atoms with Crippen LogP contribution < -0.4 is 0 Å². The summed E-state index contributed by atoms with van der Waals surface area (Å²) in [5.74, 6) is -0.835. The number of esters is 1. The Labute approximate surface area is 138 Å². The van der Waals surface area contributed by atoms with Gasteiger partial charge in [0, 0.05) is 5.56 Å². The third-order valence-electron chi connectivity index (χ3n) is 3.66. The standard InChI is InChI=1S/C19H26O4/c1-12(2)7-6-8-13(3)9-10-23-19(22)16-11-14(4)17(20)15(5)18(16)21/h7,9,11,20-21H,6,8,10H2,1-5H3/b13-9+. The molecule has 4 heteroatoms. The number of ether oxygens (including phenoxy) is 1. The van der Waals surface area contributed by atoms with Gasteiger partial charge in [-0.2, -0.15) is 0 Å². The summed E-state index contributed by atoms with van der Waals surface area (Å²) in [4.78, 5) is 12.1. The summed E-state index contributed by atoms with van der Waals surface area (Å²) in [5.41, 5.74) is 3.33. The van der Waals surface area contributed by atoms with Gasteiger partial charge in [-0.3, -0.25) is 0 Å². The lowest BCUT2D eigenvalue weighted by Gasteiger charge is -2.10. The van der Waals surface area contributed by atoms with E-state index in [1.807, 2.05) is 13.0 Å². The minimum absolute atomic E-state index is 0.00550. The van der Waals surface area contributed by atoms with Gasteiger partial charge >= 0.3 is 5.97 Å². The van der Waals surface area contributed by atoms with E-state index in [4.69, 9.17) is 4.74 Å². The molecule has 0 amide bonds. The zero-order valence-electron chi connectivity index (χ0n) is 14.6. The number of allylic oxidation sites excluding steroid dienone is 3. The molecular weight excluding hydrogens is 292 g/mol. The van der Waals surface area contributed by atoms with Gasteiger partial charge in [0.1, 0.15) is 23.7 Å². The van der Waals surface area contributed by atoms with Crippen molar-refractivity contribution in [1.82, 2.24) is 0 Å². The van der Waals surface area contributed by atoms with Crippen molar-refractivity contribution in [3.63, 3.8) is 0 Å². The van der Waals surface area contributed by atoms with Crippen molar-refractivity contribution >= 4 is 5.97 Å². The van der Waals surface area contributed by atoms with Crippen LogP contribution in [0.15, 0.2) is 29.4 Å². The molecule has 23 heavy (non-hydrogen) atoms. The third-order valence-corrected chi connectivity index (χ3v) is 3.66. The molecule has 1 rings (SSSR count). The van der Waals surface area contributed by atoms with Crippen LogP contribution in [0.25, 0.3) is 0 Å². The lowest BCUT2D eigenvalue weighted by molar-refractivity contribution is 0.0545. The molecule has 0 bridgehead atoms. The van der Waals surface area contributed by atoms with Gasteiger partial charge in [-0.1, -0.05) is 17.2 Å². The molecule has 2 N–H and O–H groups in total. The predicted molar refractivity (Wildman–Crippen MR) is 92.0 cm³/mol. The first-order chi connectivity index (χ1) is 10.7. The molecule has 126 valence electrons. The van der Waals surface area contributed by atoms with Gasteiger partial charge in [0.25, 0.3) is 0 Å². The molecule has 0 aliphatic carbocycles. The summed E-state index contributed by atoms with van der Waals surface area (Å²) in [6.45, 7) is 9.52. The number of rotatable bonds is 6. The number of hydrogen-bond donors (Lipinski definition) is 2. The first kappa shape index (κ1) is 18.8. The Hall–Kier alpha value is -2.23. The number of aryl methyl sites for hydroxylation is 1. The fourth-order valence-corrected chi connectivity index (χ4v) is 2.15. The van der Waals surface area contributed by atoms with Crippen molar-refractivity contribution in [2.75, 3.05) is 6.61 Å². The van der Waals surface area contributed by atoms with Crippen molar-refractivity contribution in [3.05, 3.63) is 46.1 Å². The normalized spacial score (nSPS) is 11.3. The first-order valence-electron chi connectivity index (χ1n) is 7.72. The van der Waals surface area contributed by atoms with E-state index in [9.17, 15) is 15.0 Å². The van der Waals surface area contributed by atoms with Crippen molar-refractivity contribution in [2.24, 2.45) is 0 Å². The Bertz CT molecular complexity index is 635. The van der Waals surface area contributed by atoms with Crippen LogP contribution in [-0.4, -0.2) is 22.8 Å². The van der Waals surface area contributed by atoms with Gasteiger partial charge in [-0.25, -0.2) is 4.79 Å². The second kappa shape index (κ2) is 8.42. The first-order valence-corrected chi connectivity index (χ1v) is 7.72. The molecule has 0 saturated heterocycles. The number of phenols is 2. The molecule has 0 unspecified atom stereocenters. The Morgan fingerprint density at radius 2 is 1.78 bits per heavy atom. The highest BCUT2D eigenvalue weighted by Crippen LogP contribution is 2.33. The topological polar surface area (TPSA) is 66.8 Å². The Kier molecular flexibility index (Phi) is 6.89. The summed E-state index contributed by atoms with van der Waals surface area (Å²) in [6, 6.07) is 1.44. The van der Waals surface area contributed by atoms with Crippen LogP contribution in [0.4, 0.5) is 0 Å². The molecule has 1 aromatic carbocycles. The third kappa shape index (κ3) is 5.47. The number of benzene rings is 1. The molecule has 1 aromatic rings. The molecule has 0 aliphatic rings. The quantitative estimate of drug-likeness (QED) is 0.596. The molecule has 0 atom stereocenters. The second-order valence-corrected chi connectivity index (χ2v) is 6.03. The maximum Gasteiger partial charge on any atom is 0.342 e. The summed E-state index contributed by atoms with van der Waals surface area (Å²) >= 11 is 0. The number of carbonyl (C=O) groups is 1. The van der Waals surface area contributed by atoms with Gasteiger partial charge in [0.05, 0.1) is 0 Å². The maximum absolute atomic E-state index is 12.1. The molecule has 4 nitrogen and oxygen atoms in total. The van der Waals surface area contributed by atoms with E-state index in [0.717, 1.165) is 18.4 Å². The lowest BCUT2D eigenvalue weighted by atomic mass is 10.0. The fraction of sp³-hybridized carbons (Fsp3) is 0.421. The summed E-state index contributed by atoms with van der Waals surface area (Å²) in [5, 5.41) is 19.7. The molecule has 0 aliphatic heterocycles. The monoisotopic (exact) mass is 318 g/mol. The maximum atomic E-state index is 12.1. The Morgan fingerprint density at radius 3 is 2.39 bits per heavy atom. The van der Waals surface area contributed by atoms with Crippen molar-refractivity contribution in [2.45, 2.75) is 47.5 Å². The number of aromatic hydroxyl groups is 2. The van der Waals surface area contributed by atoms with Gasteiger partial charge in [-0.05, 0) is 65.2 Å². The highest BCUT2D eigenvalue weighted by atomic mass is 16.5. The van der Waals surface area contributed by atoms with Crippen LogP contribution in [0, 0.1) is 13.8 Å². The van der Waals surface area contributed by atoms with E-state index in [2.05, 4.69) is 19.9 Å². The predicted octanol–water partition coefficient (Wildman–Crippen LogP) is 4.56. The molecule has 0 spiro atoms. The van der Waals surface area contributed by atoms with E-state index in [1.54, 1.807) is 13.8 Å². The van der Waals surface area contributed by atoms with Gasteiger partial charge in [0.15, 0.2) is 0 Å². The highest BCUT2D eigenvalue weighted by molar-refractivity contribution is 5.93. The summed E-state index contributed by atoms with van der Waals surface area (Å²) in [7, 11) is 0. The number of phenolic OH excluding ortho intramolecular Hbond substituents is 2. The van der Waals surface area contributed by atoms with Crippen LogP contribution in [0.5, 0.6) is 11.5 Å². The minimum atomic E-state index is -0.595. The molecule has 0 radical (unpaired) electrons. The largest absolute Gasteiger partial charge is 0.507 e. The highest BCUT2D eigenvalue weighted by Gasteiger charge is 2.18. The molecule has 0 aromatic heterocycles. The molecular formula is C19H26O4. The fourth-order valence-electron chi connectivity index (χ4n) is 2.15. The van der Waals surface area contributed by atoms with Crippen LogP contribution in [0.3, 0.4) is 0 Å². The number of carbonyl (C=O) groups excluding carboxylic acids is 1. The molecule has 0 fully saturated rings. The van der Waals surface area contributed by atoms with Crippen LogP contribution in [-0.2, 0) is 4.74 Å². The Balaban J connectivity index is 2.66. The van der Waals surface area contributed by atoms with E-state index < -0.39 is 5.97 Å². The van der Waals surface area contributed by atoms with Crippen molar-refractivity contribution in [1.29, 1.82) is 0 Å². The van der Waals surface area contributed by atoms with E-state index >= 15 is 0 Å². The van der Waals surface area contributed by atoms with Crippen LogP contribution >= 0.6 is 0 Å². The molecule has 0 saturated carbocycles. The zero-order valence-corrected chi connectivity index (χ0v) is 14.6. The van der Waals surface area contributed by atoms with E-state index in [-0.39, 0.29) is 29.2 Å². The summed E-state index contributed by atoms with van der Waals surface area (Å²) in [6.07, 6.45) is 5.93. The minimum Gasteiger partial charge on any atom is -0.507 e. The summed E-state index contributed by atoms with van der Waals surface area (Å²) < 4.78 is 5.18.